The van der Waals surface area contributed by atoms with Crippen molar-refractivity contribution in [2.24, 2.45) is 0 Å². The molecule has 0 atom stereocenters. The number of ether oxygens (including phenoxy) is 2. The summed E-state index contributed by atoms with van der Waals surface area (Å²) < 4.78 is 10.6. The third-order valence-corrected chi connectivity index (χ3v) is 5.20. The fourth-order valence-electron chi connectivity index (χ4n) is 2.78. The van der Waals surface area contributed by atoms with Crippen LogP contribution < -0.4 is 20.1 Å². The molecule has 0 aliphatic rings. The molecular formula is C21H23N3O2S2. The molecule has 0 saturated carbocycles. The zero-order valence-electron chi connectivity index (χ0n) is 16.1. The summed E-state index contributed by atoms with van der Waals surface area (Å²) in [5.41, 5.74) is 4.14. The molecule has 0 amide bonds. The highest BCUT2D eigenvalue weighted by Gasteiger charge is 2.06. The number of anilines is 1. The summed E-state index contributed by atoms with van der Waals surface area (Å²) in [4.78, 5) is 4.53. The van der Waals surface area contributed by atoms with E-state index in [2.05, 4.69) is 27.1 Å². The number of nitrogens with zero attached hydrogens (tertiary/aromatic N) is 1. The zero-order chi connectivity index (χ0) is 19.9. The van der Waals surface area contributed by atoms with Crippen molar-refractivity contribution in [2.75, 3.05) is 26.1 Å². The first kappa shape index (κ1) is 20.1. The Hall–Kier alpha value is -2.64. The van der Waals surface area contributed by atoms with Crippen molar-refractivity contribution in [2.45, 2.75) is 13.3 Å². The van der Waals surface area contributed by atoms with Crippen molar-refractivity contribution in [3.63, 3.8) is 0 Å². The molecule has 28 heavy (non-hydrogen) atoms. The number of hydrogen-bond donors (Lipinski definition) is 2. The lowest BCUT2D eigenvalue weighted by molar-refractivity contribution is 0.354. The summed E-state index contributed by atoms with van der Waals surface area (Å²) in [6, 6.07) is 14.0. The molecule has 0 radical (unpaired) electrons. The second kappa shape index (κ2) is 9.52. The second-order valence-electron chi connectivity index (χ2n) is 6.15. The maximum Gasteiger partial charge on any atom is 0.170 e. The van der Waals surface area contributed by atoms with Gasteiger partial charge in [0.1, 0.15) is 0 Å². The fraction of sp³-hybridized carbons (Fsp3) is 0.238. The van der Waals surface area contributed by atoms with Crippen molar-refractivity contribution < 1.29 is 9.47 Å². The van der Waals surface area contributed by atoms with Gasteiger partial charge in [-0.05, 0) is 55.4 Å². The number of aryl methyl sites for hydroxylation is 1. The summed E-state index contributed by atoms with van der Waals surface area (Å²) >= 11 is 7.07. The van der Waals surface area contributed by atoms with E-state index in [0.717, 1.165) is 45.4 Å². The summed E-state index contributed by atoms with van der Waals surface area (Å²) in [6.07, 6.45) is 0.820. The third kappa shape index (κ3) is 5.21. The van der Waals surface area contributed by atoms with Gasteiger partial charge in [0.15, 0.2) is 16.6 Å². The summed E-state index contributed by atoms with van der Waals surface area (Å²) in [6.45, 7) is 2.72. The molecule has 5 nitrogen and oxygen atoms in total. The smallest absolute Gasteiger partial charge is 0.170 e. The van der Waals surface area contributed by atoms with Gasteiger partial charge >= 0.3 is 0 Å². The highest BCUT2D eigenvalue weighted by Crippen LogP contribution is 2.27. The van der Waals surface area contributed by atoms with E-state index in [1.165, 1.54) is 0 Å². The van der Waals surface area contributed by atoms with E-state index in [9.17, 15) is 0 Å². The second-order valence-corrected chi connectivity index (χ2v) is 7.62. The Labute approximate surface area is 174 Å². The van der Waals surface area contributed by atoms with Crippen molar-refractivity contribution in [1.82, 2.24) is 10.3 Å². The van der Waals surface area contributed by atoms with Gasteiger partial charge in [-0.15, -0.1) is 11.3 Å². The van der Waals surface area contributed by atoms with Crippen LogP contribution in [0.1, 0.15) is 10.6 Å². The van der Waals surface area contributed by atoms with Crippen LogP contribution in [0.3, 0.4) is 0 Å². The molecule has 146 valence electrons. The van der Waals surface area contributed by atoms with Gasteiger partial charge in [0, 0.05) is 23.2 Å². The van der Waals surface area contributed by atoms with Crippen LogP contribution in [0.5, 0.6) is 11.5 Å². The Kier molecular flexibility index (Phi) is 6.84. The average Bonchev–Trinajstić information content (AvgIpc) is 3.14. The number of aromatic nitrogens is 1. The molecule has 1 heterocycles. The van der Waals surface area contributed by atoms with E-state index in [1.807, 2.05) is 43.3 Å². The number of nitrogens with one attached hydrogen (secondary N) is 2. The molecule has 2 N–H and O–H groups in total. The van der Waals surface area contributed by atoms with Gasteiger partial charge < -0.3 is 20.1 Å². The molecule has 0 saturated heterocycles. The molecule has 3 aromatic rings. The van der Waals surface area contributed by atoms with Gasteiger partial charge in [-0.1, -0.05) is 18.2 Å². The van der Waals surface area contributed by atoms with Crippen molar-refractivity contribution >= 4 is 34.4 Å². The maximum atomic E-state index is 5.42. The number of thiazole rings is 1. The van der Waals surface area contributed by atoms with Crippen LogP contribution in [-0.4, -0.2) is 30.9 Å². The summed E-state index contributed by atoms with van der Waals surface area (Å²) in [7, 11) is 3.27. The average molecular weight is 414 g/mol. The van der Waals surface area contributed by atoms with Crippen molar-refractivity contribution in [3.8, 4) is 22.8 Å². The van der Waals surface area contributed by atoms with E-state index in [-0.39, 0.29) is 0 Å². The molecule has 0 aliphatic carbocycles. The van der Waals surface area contributed by atoms with Gasteiger partial charge in [-0.3, -0.25) is 0 Å². The number of hydrogen-bond acceptors (Lipinski definition) is 5. The summed E-state index contributed by atoms with van der Waals surface area (Å²) in [5, 5.41) is 10.2. The number of methoxy groups -OCH3 is 2. The van der Waals surface area contributed by atoms with Crippen LogP contribution >= 0.6 is 23.6 Å². The first-order valence-electron chi connectivity index (χ1n) is 8.87. The molecule has 0 unspecified atom stereocenters. The first-order chi connectivity index (χ1) is 13.6. The molecule has 0 fully saturated rings. The molecule has 7 heteroatoms. The number of thiocarbonyl (C=S) groups is 1. The van der Waals surface area contributed by atoms with E-state index >= 15 is 0 Å². The quantitative estimate of drug-likeness (QED) is 0.549. The SMILES string of the molecule is COc1ccc(CCNC(=S)Nc2cccc(-c3csc(C)n3)c2)cc1OC. The van der Waals surface area contributed by atoms with Gasteiger partial charge in [-0.25, -0.2) is 4.98 Å². The molecule has 0 aliphatic heterocycles. The monoisotopic (exact) mass is 413 g/mol. The van der Waals surface area contributed by atoms with Gasteiger partial charge in [0.2, 0.25) is 0 Å². The molecule has 2 aromatic carbocycles. The third-order valence-electron chi connectivity index (χ3n) is 4.18. The Morgan fingerprint density at radius 2 is 1.93 bits per heavy atom. The minimum atomic E-state index is 0.590. The fourth-order valence-corrected chi connectivity index (χ4v) is 3.63. The van der Waals surface area contributed by atoms with Crippen LogP contribution in [0.2, 0.25) is 0 Å². The Balaban J connectivity index is 1.53. The van der Waals surface area contributed by atoms with E-state index in [4.69, 9.17) is 21.7 Å². The van der Waals surface area contributed by atoms with Gasteiger partial charge in [-0.2, -0.15) is 0 Å². The minimum absolute atomic E-state index is 0.590. The van der Waals surface area contributed by atoms with E-state index in [0.29, 0.717) is 11.7 Å². The zero-order valence-corrected chi connectivity index (χ0v) is 17.7. The number of rotatable bonds is 7. The van der Waals surface area contributed by atoms with Crippen LogP contribution in [0, 0.1) is 6.92 Å². The van der Waals surface area contributed by atoms with Crippen LogP contribution in [0.25, 0.3) is 11.3 Å². The molecular weight excluding hydrogens is 390 g/mol. The van der Waals surface area contributed by atoms with Crippen molar-refractivity contribution in [3.05, 3.63) is 58.4 Å². The first-order valence-corrected chi connectivity index (χ1v) is 10.2. The van der Waals surface area contributed by atoms with Crippen LogP contribution in [0.4, 0.5) is 5.69 Å². The molecule has 3 rings (SSSR count). The van der Waals surface area contributed by atoms with Gasteiger partial charge in [0.25, 0.3) is 0 Å². The molecule has 1 aromatic heterocycles. The van der Waals surface area contributed by atoms with Crippen LogP contribution in [0.15, 0.2) is 47.8 Å². The number of benzene rings is 2. The lowest BCUT2D eigenvalue weighted by Crippen LogP contribution is -2.30. The highest BCUT2D eigenvalue weighted by atomic mass is 32.1. The standard InChI is InChI=1S/C21H23N3O2S2/c1-14-23-18(13-28-14)16-5-4-6-17(12-16)24-21(27)22-10-9-15-7-8-19(25-2)20(11-15)26-3/h4-8,11-13H,9-10H2,1-3H3,(H2,22,24,27). The van der Waals surface area contributed by atoms with Gasteiger partial charge in [0.05, 0.1) is 24.9 Å². The normalized spacial score (nSPS) is 10.4. The molecule has 0 spiro atoms. The predicted octanol–water partition coefficient (Wildman–Crippen LogP) is 4.66. The Morgan fingerprint density at radius 3 is 2.64 bits per heavy atom. The molecule has 0 bridgehead atoms. The van der Waals surface area contributed by atoms with Crippen molar-refractivity contribution in [1.29, 1.82) is 0 Å². The van der Waals surface area contributed by atoms with E-state index in [1.54, 1.807) is 25.6 Å². The minimum Gasteiger partial charge on any atom is -0.493 e. The largest absolute Gasteiger partial charge is 0.493 e. The lowest BCUT2D eigenvalue weighted by Gasteiger charge is -2.12. The van der Waals surface area contributed by atoms with Crippen LogP contribution in [-0.2, 0) is 6.42 Å². The van der Waals surface area contributed by atoms with E-state index < -0.39 is 0 Å². The topological polar surface area (TPSA) is 55.4 Å². The highest BCUT2D eigenvalue weighted by molar-refractivity contribution is 7.80. The Bertz CT molecular complexity index is 956. The summed E-state index contributed by atoms with van der Waals surface area (Å²) in [5.74, 6) is 1.46. The predicted molar refractivity (Wildman–Crippen MR) is 120 cm³/mol. The maximum absolute atomic E-state index is 5.42. The Morgan fingerprint density at radius 1 is 1.11 bits per heavy atom. The lowest BCUT2D eigenvalue weighted by atomic mass is 10.1.